The molecule has 5 nitrogen and oxygen atoms in total. The summed E-state index contributed by atoms with van der Waals surface area (Å²) < 4.78 is 0. The van der Waals surface area contributed by atoms with Crippen LogP contribution in [0.5, 0.6) is 0 Å². The average Bonchev–Trinajstić information content (AvgIpc) is 2.47. The van der Waals surface area contributed by atoms with E-state index in [4.69, 9.17) is 0 Å². The van der Waals surface area contributed by atoms with Crippen molar-refractivity contribution in [2.75, 3.05) is 11.9 Å². The first-order valence-electron chi connectivity index (χ1n) is 7.38. The van der Waals surface area contributed by atoms with Crippen molar-refractivity contribution in [2.45, 2.75) is 58.4 Å². The summed E-state index contributed by atoms with van der Waals surface area (Å²) in [5.41, 5.74) is 2.01. The van der Waals surface area contributed by atoms with Gasteiger partial charge >= 0.3 is 0 Å². The summed E-state index contributed by atoms with van der Waals surface area (Å²) in [4.78, 5) is 4.56. The summed E-state index contributed by atoms with van der Waals surface area (Å²) in [5, 5.41) is 21.2. The molecule has 106 valence electrons. The van der Waals surface area contributed by atoms with Crippen molar-refractivity contribution >= 4 is 5.95 Å². The van der Waals surface area contributed by atoms with Crippen molar-refractivity contribution in [3.8, 4) is 0 Å². The number of hydrogen-bond donors (Lipinski definition) is 2. The van der Waals surface area contributed by atoms with Crippen molar-refractivity contribution in [3.63, 3.8) is 0 Å². The van der Waals surface area contributed by atoms with Crippen molar-refractivity contribution < 1.29 is 5.11 Å². The van der Waals surface area contributed by atoms with Crippen molar-refractivity contribution in [1.29, 1.82) is 0 Å². The van der Waals surface area contributed by atoms with Crippen molar-refractivity contribution in [3.05, 3.63) is 11.4 Å². The molecule has 1 heterocycles. The topological polar surface area (TPSA) is 70.9 Å². The molecule has 0 radical (unpaired) electrons. The molecule has 2 rings (SSSR count). The van der Waals surface area contributed by atoms with Gasteiger partial charge in [-0.25, -0.2) is 4.98 Å². The Hall–Kier alpha value is -1.23. The molecule has 0 saturated heterocycles. The van der Waals surface area contributed by atoms with Gasteiger partial charge in [-0.3, -0.25) is 0 Å². The number of aryl methyl sites for hydroxylation is 2. The van der Waals surface area contributed by atoms with Crippen LogP contribution in [0.3, 0.4) is 0 Å². The van der Waals surface area contributed by atoms with Gasteiger partial charge in [-0.2, -0.15) is 5.10 Å². The number of aromatic nitrogens is 3. The van der Waals surface area contributed by atoms with Gasteiger partial charge in [0, 0.05) is 18.6 Å². The number of aliphatic hydroxyl groups is 1. The van der Waals surface area contributed by atoms with Crippen LogP contribution in [0.25, 0.3) is 0 Å². The molecule has 0 spiro atoms. The second-order valence-electron chi connectivity index (χ2n) is 5.21. The maximum atomic E-state index is 9.43. The Labute approximate surface area is 114 Å². The molecule has 1 aliphatic carbocycles. The van der Waals surface area contributed by atoms with E-state index < -0.39 is 0 Å². The largest absolute Gasteiger partial charge is 0.396 e. The molecule has 1 aromatic rings. The zero-order valence-corrected chi connectivity index (χ0v) is 11.9. The number of nitrogens with zero attached hydrogens (tertiary/aromatic N) is 3. The van der Waals surface area contributed by atoms with Crippen LogP contribution in [0, 0.1) is 5.92 Å². The third-order valence-electron chi connectivity index (χ3n) is 3.97. The number of aliphatic hydroxyl groups excluding tert-OH is 1. The van der Waals surface area contributed by atoms with Gasteiger partial charge in [0.2, 0.25) is 5.95 Å². The summed E-state index contributed by atoms with van der Waals surface area (Å²) in [6.07, 6.45) is 6.31. The molecule has 0 bridgehead atoms. The Morgan fingerprint density at radius 2 is 1.84 bits per heavy atom. The van der Waals surface area contributed by atoms with Gasteiger partial charge in [0.1, 0.15) is 0 Å². The maximum absolute atomic E-state index is 9.43. The van der Waals surface area contributed by atoms with E-state index in [-0.39, 0.29) is 12.6 Å². The maximum Gasteiger partial charge on any atom is 0.243 e. The molecule has 1 aromatic heterocycles. The molecule has 0 aromatic carbocycles. The Bertz CT molecular complexity index is 410. The van der Waals surface area contributed by atoms with E-state index in [0.29, 0.717) is 11.9 Å². The predicted octanol–water partition coefficient (Wildman–Crippen LogP) is 1.96. The number of rotatable bonds is 5. The van der Waals surface area contributed by atoms with Crippen LogP contribution in [-0.4, -0.2) is 32.9 Å². The van der Waals surface area contributed by atoms with E-state index in [2.05, 4.69) is 34.3 Å². The lowest BCUT2D eigenvalue weighted by atomic mass is 9.85. The molecule has 19 heavy (non-hydrogen) atoms. The number of nitrogens with one attached hydrogen (secondary N) is 1. The molecule has 2 atom stereocenters. The lowest BCUT2D eigenvalue weighted by Gasteiger charge is -2.30. The Balaban J connectivity index is 2.09. The standard InChI is InChI=1S/C14H24N4O/c1-3-11-12(4-2)17-18-14(15-11)16-13-8-6-5-7-10(13)9-19/h10,13,19H,3-9H2,1-2H3,(H,15,16,18). The first-order chi connectivity index (χ1) is 9.28. The second-order valence-corrected chi connectivity index (χ2v) is 5.21. The Morgan fingerprint density at radius 1 is 1.11 bits per heavy atom. The highest BCUT2D eigenvalue weighted by Gasteiger charge is 2.25. The molecule has 1 aliphatic rings. The molecule has 2 N–H and O–H groups in total. The smallest absolute Gasteiger partial charge is 0.243 e. The molecule has 0 amide bonds. The molecule has 5 heteroatoms. The highest BCUT2D eigenvalue weighted by Crippen LogP contribution is 2.26. The van der Waals surface area contributed by atoms with Gasteiger partial charge in [-0.15, -0.1) is 5.10 Å². The second kappa shape index (κ2) is 6.80. The normalized spacial score (nSPS) is 23.3. The fourth-order valence-corrected chi connectivity index (χ4v) is 2.78. The molecular weight excluding hydrogens is 240 g/mol. The van der Waals surface area contributed by atoms with Crippen LogP contribution in [0.15, 0.2) is 0 Å². The minimum atomic E-state index is 0.235. The Kier molecular flexibility index (Phi) is 5.07. The predicted molar refractivity (Wildman–Crippen MR) is 75.0 cm³/mol. The first-order valence-corrected chi connectivity index (χ1v) is 7.38. The lowest BCUT2D eigenvalue weighted by molar-refractivity contribution is 0.178. The van der Waals surface area contributed by atoms with Crippen molar-refractivity contribution in [2.24, 2.45) is 5.92 Å². The van der Waals surface area contributed by atoms with Gasteiger partial charge in [-0.05, 0) is 25.7 Å². The van der Waals surface area contributed by atoms with Gasteiger partial charge in [0.05, 0.1) is 11.4 Å². The van der Waals surface area contributed by atoms with Crippen LogP contribution >= 0.6 is 0 Å². The molecule has 1 fully saturated rings. The third-order valence-corrected chi connectivity index (χ3v) is 3.97. The first kappa shape index (κ1) is 14.2. The monoisotopic (exact) mass is 264 g/mol. The van der Waals surface area contributed by atoms with Gasteiger partial charge in [-0.1, -0.05) is 26.7 Å². The molecule has 1 saturated carbocycles. The van der Waals surface area contributed by atoms with E-state index in [1.165, 1.54) is 12.8 Å². The zero-order chi connectivity index (χ0) is 13.7. The quantitative estimate of drug-likeness (QED) is 0.850. The van der Waals surface area contributed by atoms with E-state index in [1.807, 2.05) is 0 Å². The lowest BCUT2D eigenvalue weighted by Crippen LogP contribution is -2.35. The minimum absolute atomic E-state index is 0.235. The van der Waals surface area contributed by atoms with Crippen molar-refractivity contribution in [1.82, 2.24) is 15.2 Å². The van der Waals surface area contributed by atoms with Gasteiger partial charge in [0.15, 0.2) is 0 Å². The zero-order valence-electron chi connectivity index (χ0n) is 11.9. The van der Waals surface area contributed by atoms with Gasteiger partial charge < -0.3 is 10.4 Å². The minimum Gasteiger partial charge on any atom is -0.396 e. The summed E-state index contributed by atoms with van der Waals surface area (Å²) >= 11 is 0. The van der Waals surface area contributed by atoms with Gasteiger partial charge in [0.25, 0.3) is 0 Å². The molecule has 2 unspecified atom stereocenters. The Morgan fingerprint density at radius 3 is 2.53 bits per heavy atom. The van der Waals surface area contributed by atoms with Crippen LogP contribution in [0.4, 0.5) is 5.95 Å². The van der Waals surface area contributed by atoms with Crippen LogP contribution in [0.2, 0.25) is 0 Å². The highest BCUT2D eigenvalue weighted by molar-refractivity contribution is 5.27. The number of hydrogen-bond acceptors (Lipinski definition) is 5. The van der Waals surface area contributed by atoms with Crippen LogP contribution in [0.1, 0.15) is 50.9 Å². The SMILES string of the molecule is CCc1nnc(NC2CCCCC2CO)nc1CC. The van der Waals surface area contributed by atoms with E-state index >= 15 is 0 Å². The molecular formula is C14H24N4O. The summed E-state index contributed by atoms with van der Waals surface area (Å²) in [6, 6.07) is 0.276. The summed E-state index contributed by atoms with van der Waals surface area (Å²) in [7, 11) is 0. The van der Waals surface area contributed by atoms with E-state index in [0.717, 1.165) is 37.1 Å². The van der Waals surface area contributed by atoms with E-state index in [1.54, 1.807) is 0 Å². The van der Waals surface area contributed by atoms with Crippen LogP contribution in [-0.2, 0) is 12.8 Å². The fraction of sp³-hybridized carbons (Fsp3) is 0.786. The average molecular weight is 264 g/mol. The number of anilines is 1. The summed E-state index contributed by atoms with van der Waals surface area (Å²) in [5.74, 6) is 0.924. The third kappa shape index (κ3) is 3.41. The summed E-state index contributed by atoms with van der Waals surface area (Å²) in [6.45, 7) is 4.39. The van der Waals surface area contributed by atoms with E-state index in [9.17, 15) is 5.11 Å². The molecule has 0 aliphatic heterocycles. The highest BCUT2D eigenvalue weighted by atomic mass is 16.3. The van der Waals surface area contributed by atoms with Crippen LogP contribution < -0.4 is 5.32 Å². The fourth-order valence-electron chi connectivity index (χ4n) is 2.78.